The topological polar surface area (TPSA) is 54.9 Å². The molecule has 5 nitrogen and oxygen atoms in total. The van der Waals surface area contributed by atoms with Gasteiger partial charge in [-0.25, -0.2) is 0 Å². The number of hydrogen-bond acceptors (Lipinski definition) is 3. The van der Waals surface area contributed by atoms with Gasteiger partial charge in [0.2, 0.25) is 0 Å². The van der Waals surface area contributed by atoms with Gasteiger partial charge in [0.1, 0.15) is 0 Å². The van der Waals surface area contributed by atoms with Gasteiger partial charge in [-0.3, -0.25) is 4.99 Å². The number of rotatable bonds is 6. The average Bonchev–Trinajstić information content (AvgIpc) is 2.63. The van der Waals surface area contributed by atoms with Crippen molar-refractivity contribution in [2.24, 2.45) is 4.99 Å². The Morgan fingerprint density at radius 1 is 1.22 bits per heavy atom. The predicted molar refractivity (Wildman–Crippen MR) is 93.8 cm³/mol. The number of nitrogens with zero attached hydrogens (tertiary/aromatic N) is 1. The van der Waals surface area contributed by atoms with E-state index in [9.17, 15) is 0 Å². The van der Waals surface area contributed by atoms with Crippen LogP contribution in [0.25, 0.3) is 0 Å². The molecule has 1 aromatic carbocycles. The number of hydrogen-bond donors (Lipinski definition) is 2. The second kappa shape index (κ2) is 8.89. The number of benzene rings is 1. The van der Waals surface area contributed by atoms with Gasteiger partial charge < -0.3 is 20.1 Å². The monoisotopic (exact) mass is 319 g/mol. The molecule has 128 valence electrons. The van der Waals surface area contributed by atoms with Crippen molar-refractivity contribution in [1.82, 2.24) is 10.6 Å². The second-order valence-electron chi connectivity index (χ2n) is 5.90. The SMILES string of the molecule is CCc1ccccc1CNC(=NC)NCC1(OC)CCOCC1. The van der Waals surface area contributed by atoms with E-state index in [1.165, 1.54) is 11.1 Å². The van der Waals surface area contributed by atoms with Crippen molar-refractivity contribution >= 4 is 5.96 Å². The summed E-state index contributed by atoms with van der Waals surface area (Å²) in [7, 11) is 3.57. The highest BCUT2D eigenvalue weighted by molar-refractivity contribution is 5.79. The molecule has 0 aromatic heterocycles. The van der Waals surface area contributed by atoms with E-state index in [-0.39, 0.29) is 5.60 Å². The molecule has 1 aliphatic heterocycles. The van der Waals surface area contributed by atoms with Crippen LogP contribution in [0, 0.1) is 0 Å². The van der Waals surface area contributed by atoms with E-state index in [1.807, 2.05) is 0 Å². The van der Waals surface area contributed by atoms with Crippen LogP contribution >= 0.6 is 0 Å². The summed E-state index contributed by atoms with van der Waals surface area (Å²) in [5.74, 6) is 0.804. The van der Waals surface area contributed by atoms with E-state index in [0.717, 1.165) is 51.5 Å². The van der Waals surface area contributed by atoms with Gasteiger partial charge in [-0.2, -0.15) is 0 Å². The van der Waals surface area contributed by atoms with E-state index in [2.05, 4.69) is 46.8 Å². The zero-order chi connectivity index (χ0) is 16.5. The summed E-state index contributed by atoms with van der Waals surface area (Å²) in [6, 6.07) is 8.50. The number of aryl methyl sites for hydroxylation is 1. The van der Waals surface area contributed by atoms with Crippen molar-refractivity contribution in [3.63, 3.8) is 0 Å². The molecule has 1 heterocycles. The molecule has 0 aliphatic carbocycles. The fraction of sp³-hybridized carbons (Fsp3) is 0.611. The molecule has 1 fully saturated rings. The highest BCUT2D eigenvalue weighted by Crippen LogP contribution is 2.23. The standard InChI is InChI=1S/C18H29N3O2/c1-4-15-7-5-6-8-16(15)13-20-17(19-2)21-14-18(22-3)9-11-23-12-10-18/h5-8H,4,9-14H2,1-3H3,(H2,19,20,21). The van der Waals surface area contributed by atoms with Crippen LogP contribution in [0.1, 0.15) is 30.9 Å². The molecule has 0 spiro atoms. The average molecular weight is 319 g/mol. The van der Waals surface area contributed by atoms with Gasteiger partial charge in [-0.15, -0.1) is 0 Å². The lowest BCUT2D eigenvalue weighted by molar-refractivity contribution is -0.0855. The summed E-state index contributed by atoms with van der Waals surface area (Å²) in [5, 5.41) is 6.79. The zero-order valence-electron chi connectivity index (χ0n) is 14.5. The lowest BCUT2D eigenvalue weighted by atomic mass is 9.94. The Bertz CT molecular complexity index is 511. The third-order valence-electron chi connectivity index (χ3n) is 4.58. The molecule has 0 amide bonds. The number of guanidine groups is 1. The number of nitrogens with one attached hydrogen (secondary N) is 2. The maximum atomic E-state index is 5.75. The van der Waals surface area contributed by atoms with Gasteiger partial charge in [-0.1, -0.05) is 31.2 Å². The quantitative estimate of drug-likeness (QED) is 0.623. The van der Waals surface area contributed by atoms with E-state index in [0.29, 0.717) is 0 Å². The Labute approximate surface area is 139 Å². The smallest absolute Gasteiger partial charge is 0.191 e. The van der Waals surface area contributed by atoms with Crippen LogP contribution < -0.4 is 10.6 Å². The Hall–Kier alpha value is -1.59. The van der Waals surface area contributed by atoms with Crippen molar-refractivity contribution in [2.45, 2.75) is 38.3 Å². The Balaban J connectivity index is 1.88. The Morgan fingerprint density at radius 2 is 1.91 bits per heavy atom. The maximum Gasteiger partial charge on any atom is 0.191 e. The van der Waals surface area contributed by atoms with Crippen LogP contribution in [0.2, 0.25) is 0 Å². The number of ether oxygens (including phenoxy) is 2. The first kappa shape index (κ1) is 17.8. The summed E-state index contributed by atoms with van der Waals surface area (Å²) >= 11 is 0. The van der Waals surface area contributed by atoms with Crippen molar-refractivity contribution in [1.29, 1.82) is 0 Å². The molecular weight excluding hydrogens is 290 g/mol. The molecule has 1 aliphatic rings. The lowest BCUT2D eigenvalue weighted by Gasteiger charge is -2.36. The molecule has 0 unspecified atom stereocenters. The molecule has 0 radical (unpaired) electrons. The van der Waals surface area contributed by atoms with Gasteiger partial charge in [0.15, 0.2) is 5.96 Å². The van der Waals surface area contributed by atoms with Crippen LogP contribution in [0.5, 0.6) is 0 Å². The highest BCUT2D eigenvalue weighted by Gasteiger charge is 2.32. The van der Waals surface area contributed by atoms with Gasteiger partial charge in [0.25, 0.3) is 0 Å². The molecule has 5 heteroatoms. The first-order chi connectivity index (χ1) is 11.2. The van der Waals surface area contributed by atoms with E-state index >= 15 is 0 Å². The molecular formula is C18H29N3O2. The largest absolute Gasteiger partial charge is 0.381 e. The number of methoxy groups -OCH3 is 1. The van der Waals surface area contributed by atoms with E-state index in [4.69, 9.17) is 9.47 Å². The first-order valence-electron chi connectivity index (χ1n) is 8.37. The van der Waals surface area contributed by atoms with Crippen LogP contribution in [-0.2, 0) is 22.4 Å². The van der Waals surface area contributed by atoms with Crippen molar-refractivity contribution < 1.29 is 9.47 Å². The summed E-state index contributed by atoms with van der Waals surface area (Å²) < 4.78 is 11.2. The molecule has 1 aromatic rings. The Kier molecular flexibility index (Phi) is 6.86. The van der Waals surface area contributed by atoms with Gasteiger partial charge in [-0.05, 0) is 17.5 Å². The molecule has 1 saturated heterocycles. The van der Waals surface area contributed by atoms with E-state index < -0.39 is 0 Å². The molecule has 23 heavy (non-hydrogen) atoms. The summed E-state index contributed by atoms with van der Waals surface area (Å²) in [6.45, 7) is 5.20. The van der Waals surface area contributed by atoms with Crippen LogP contribution in [0.4, 0.5) is 0 Å². The molecule has 0 saturated carbocycles. The van der Waals surface area contributed by atoms with Gasteiger partial charge >= 0.3 is 0 Å². The first-order valence-corrected chi connectivity index (χ1v) is 8.37. The minimum atomic E-state index is -0.156. The van der Waals surface area contributed by atoms with Crippen molar-refractivity contribution in [3.05, 3.63) is 35.4 Å². The van der Waals surface area contributed by atoms with Crippen molar-refractivity contribution in [3.8, 4) is 0 Å². The molecule has 0 bridgehead atoms. The summed E-state index contributed by atoms with van der Waals surface area (Å²) in [4.78, 5) is 4.32. The third kappa shape index (κ3) is 4.94. The minimum absolute atomic E-state index is 0.156. The third-order valence-corrected chi connectivity index (χ3v) is 4.58. The van der Waals surface area contributed by atoms with Crippen LogP contribution in [0.3, 0.4) is 0 Å². The zero-order valence-corrected chi connectivity index (χ0v) is 14.5. The molecule has 2 N–H and O–H groups in total. The highest BCUT2D eigenvalue weighted by atomic mass is 16.5. The lowest BCUT2D eigenvalue weighted by Crippen LogP contribution is -2.50. The molecule has 0 atom stereocenters. The summed E-state index contributed by atoms with van der Waals surface area (Å²) in [6.07, 6.45) is 2.86. The fourth-order valence-electron chi connectivity index (χ4n) is 2.92. The van der Waals surface area contributed by atoms with Gasteiger partial charge in [0.05, 0.1) is 5.60 Å². The predicted octanol–water partition coefficient (Wildman–Crippen LogP) is 2.11. The second-order valence-corrected chi connectivity index (χ2v) is 5.90. The summed E-state index contributed by atoms with van der Waals surface area (Å²) in [5.41, 5.74) is 2.52. The maximum absolute atomic E-state index is 5.75. The fourth-order valence-corrected chi connectivity index (χ4v) is 2.92. The van der Waals surface area contributed by atoms with Crippen molar-refractivity contribution in [2.75, 3.05) is 33.9 Å². The van der Waals surface area contributed by atoms with Crippen LogP contribution in [0.15, 0.2) is 29.3 Å². The van der Waals surface area contributed by atoms with Crippen LogP contribution in [-0.4, -0.2) is 45.5 Å². The Morgan fingerprint density at radius 3 is 2.52 bits per heavy atom. The van der Waals surface area contributed by atoms with Gasteiger partial charge in [0, 0.05) is 53.3 Å². The molecule has 2 rings (SSSR count). The number of aliphatic imine (C=N–C) groups is 1. The minimum Gasteiger partial charge on any atom is -0.381 e. The normalized spacial score (nSPS) is 17.8. The van der Waals surface area contributed by atoms with E-state index in [1.54, 1.807) is 14.2 Å².